The first-order valence-electron chi connectivity index (χ1n) is 8.01. The molecule has 0 aliphatic carbocycles. The molecule has 2 heterocycles. The molecule has 1 saturated heterocycles. The van der Waals surface area contributed by atoms with Crippen LogP contribution >= 0.6 is 11.6 Å². The summed E-state index contributed by atoms with van der Waals surface area (Å²) >= 11 is 5.84. The number of piperazine rings is 1. The maximum Gasteiger partial charge on any atom is 0.249 e. The number of carbonyl (C=O) groups is 2. The number of anilines is 1. The van der Waals surface area contributed by atoms with E-state index in [4.69, 9.17) is 11.6 Å². The molecule has 1 fully saturated rings. The molecule has 1 aromatic carbocycles. The number of halogens is 1. The van der Waals surface area contributed by atoms with Gasteiger partial charge in [-0.1, -0.05) is 11.6 Å². The van der Waals surface area contributed by atoms with Crippen molar-refractivity contribution in [2.45, 2.75) is 12.5 Å². The summed E-state index contributed by atoms with van der Waals surface area (Å²) < 4.78 is 0. The molecule has 2 amide bonds. The van der Waals surface area contributed by atoms with Crippen LogP contribution in [0.25, 0.3) is 0 Å². The van der Waals surface area contributed by atoms with Gasteiger partial charge in [-0.25, -0.2) is 4.99 Å². The molecule has 2 aliphatic rings. The van der Waals surface area contributed by atoms with Gasteiger partial charge >= 0.3 is 0 Å². The molecule has 7 nitrogen and oxygen atoms in total. The quantitative estimate of drug-likeness (QED) is 0.663. The normalized spacial score (nSPS) is 21.9. The van der Waals surface area contributed by atoms with Gasteiger partial charge in [0.15, 0.2) is 0 Å². The van der Waals surface area contributed by atoms with Gasteiger partial charge in [-0.2, -0.15) is 0 Å². The van der Waals surface area contributed by atoms with Crippen molar-refractivity contribution in [3.63, 3.8) is 0 Å². The van der Waals surface area contributed by atoms with E-state index in [-0.39, 0.29) is 18.2 Å². The van der Waals surface area contributed by atoms with Crippen LogP contribution in [0.3, 0.4) is 0 Å². The van der Waals surface area contributed by atoms with Crippen molar-refractivity contribution in [1.29, 1.82) is 0 Å². The van der Waals surface area contributed by atoms with Crippen molar-refractivity contribution in [3.05, 3.63) is 29.3 Å². The van der Waals surface area contributed by atoms with Crippen molar-refractivity contribution >= 4 is 35.1 Å². The fourth-order valence-electron chi connectivity index (χ4n) is 2.75. The molecule has 24 heavy (non-hydrogen) atoms. The highest BCUT2D eigenvalue weighted by molar-refractivity contribution is 6.30. The summed E-state index contributed by atoms with van der Waals surface area (Å²) in [5.74, 6) is 0.0435. The van der Waals surface area contributed by atoms with Crippen LogP contribution in [0.15, 0.2) is 29.3 Å². The van der Waals surface area contributed by atoms with Crippen LogP contribution in [-0.2, 0) is 9.59 Å². The average Bonchev–Trinajstić information content (AvgIpc) is 2.57. The number of quaternary nitrogens is 1. The fourth-order valence-corrected chi connectivity index (χ4v) is 2.87. The number of hydrogen-bond acceptors (Lipinski definition) is 4. The van der Waals surface area contributed by atoms with Crippen molar-refractivity contribution in [3.8, 4) is 0 Å². The van der Waals surface area contributed by atoms with Crippen molar-refractivity contribution < 1.29 is 14.5 Å². The summed E-state index contributed by atoms with van der Waals surface area (Å²) in [4.78, 5) is 32.3. The van der Waals surface area contributed by atoms with Gasteiger partial charge in [-0.3, -0.25) is 14.9 Å². The lowest BCUT2D eigenvalue weighted by molar-refractivity contribution is -0.883. The fraction of sp³-hybridized carbons (Fsp3) is 0.438. The Kier molecular flexibility index (Phi) is 5.01. The Bertz CT molecular complexity index is 653. The highest BCUT2D eigenvalue weighted by Crippen LogP contribution is 2.15. The number of benzene rings is 1. The predicted octanol–water partition coefficient (Wildman–Crippen LogP) is -0.647. The molecule has 3 rings (SSSR count). The van der Waals surface area contributed by atoms with Gasteiger partial charge in [0.2, 0.25) is 17.8 Å². The van der Waals surface area contributed by atoms with Crippen molar-refractivity contribution in [1.82, 2.24) is 10.2 Å². The molecule has 2 aliphatic heterocycles. The van der Waals surface area contributed by atoms with E-state index in [9.17, 15) is 9.59 Å². The van der Waals surface area contributed by atoms with Crippen LogP contribution in [-0.4, -0.2) is 61.9 Å². The van der Waals surface area contributed by atoms with Gasteiger partial charge in [-0.15, -0.1) is 0 Å². The second kappa shape index (κ2) is 7.19. The molecule has 128 valence electrons. The van der Waals surface area contributed by atoms with E-state index < -0.39 is 6.04 Å². The lowest BCUT2D eigenvalue weighted by Gasteiger charge is -2.34. The molecule has 0 radical (unpaired) electrons. The molecule has 0 bridgehead atoms. The number of carbonyl (C=O) groups excluding carboxylic acids is 2. The van der Waals surface area contributed by atoms with Crippen LogP contribution in [0, 0.1) is 0 Å². The molecule has 1 aromatic rings. The van der Waals surface area contributed by atoms with Gasteiger partial charge in [-0.05, 0) is 24.3 Å². The predicted molar refractivity (Wildman–Crippen MR) is 92.3 cm³/mol. The third-order valence-corrected chi connectivity index (χ3v) is 4.49. The first kappa shape index (κ1) is 16.7. The van der Waals surface area contributed by atoms with E-state index in [2.05, 4.69) is 22.7 Å². The maximum absolute atomic E-state index is 12.4. The van der Waals surface area contributed by atoms with E-state index in [0.29, 0.717) is 16.7 Å². The molecule has 1 atom stereocenters. The SMILES string of the molecule is C[NH+]1CCN(C2=N[C@@H](C(=O)Nc3ccc(Cl)cc3)CC(=O)N2)CC1. The summed E-state index contributed by atoms with van der Waals surface area (Å²) in [6.07, 6.45) is 0.0575. The number of aliphatic imine (C=N–C) groups is 1. The highest BCUT2D eigenvalue weighted by atomic mass is 35.5. The molecule has 3 N–H and O–H groups in total. The Morgan fingerprint density at radius 1 is 1.33 bits per heavy atom. The van der Waals surface area contributed by atoms with Crippen LogP contribution in [0.1, 0.15) is 6.42 Å². The summed E-state index contributed by atoms with van der Waals surface area (Å²) in [6.45, 7) is 3.60. The second-order valence-corrected chi connectivity index (χ2v) is 6.60. The Morgan fingerprint density at radius 3 is 2.67 bits per heavy atom. The van der Waals surface area contributed by atoms with E-state index >= 15 is 0 Å². The van der Waals surface area contributed by atoms with Crippen LogP contribution in [0.4, 0.5) is 5.69 Å². The van der Waals surface area contributed by atoms with Gasteiger partial charge in [0.05, 0.1) is 39.6 Å². The topological polar surface area (TPSA) is 78.2 Å². The third kappa shape index (κ3) is 4.04. The van der Waals surface area contributed by atoms with E-state index in [1.54, 1.807) is 24.3 Å². The largest absolute Gasteiger partial charge is 0.334 e. The third-order valence-electron chi connectivity index (χ3n) is 4.24. The Labute approximate surface area is 145 Å². The number of guanidine groups is 1. The minimum Gasteiger partial charge on any atom is -0.334 e. The minimum atomic E-state index is -0.712. The number of hydrogen-bond donors (Lipinski definition) is 3. The molecule has 0 spiro atoms. The first-order valence-corrected chi connectivity index (χ1v) is 8.39. The zero-order chi connectivity index (χ0) is 17.1. The second-order valence-electron chi connectivity index (χ2n) is 6.16. The van der Waals surface area contributed by atoms with Crippen LogP contribution in [0.5, 0.6) is 0 Å². The summed E-state index contributed by atoms with van der Waals surface area (Å²) in [7, 11) is 2.14. The lowest BCUT2D eigenvalue weighted by Crippen LogP contribution is -3.12. The van der Waals surface area contributed by atoms with Gasteiger partial charge in [0.25, 0.3) is 0 Å². The molecule has 0 aromatic heterocycles. The monoisotopic (exact) mass is 350 g/mol. The summed E-state index contributed by atoms with van der Waals surface area (Å²) in [5, 5.41) is 6.17. The molecule has 8 heteroatoms. The van der Waals surface area contributed by atoms with Gasteiger partial charge in [0, 0.05) is 10.7 Å². The number of likely N-dealkylation sites (N-methyl/N-ethyl adjacent to an activating group) is 1. The van der Waals surface area contributed by atoms with Crippen molar-refractivity contribution in [2.24, 2.45) is 4.99 Å². The number of nitrogens with one attached hydrogen (secondary N) is 3. The average molecular weight is 351 g/mol. The highest BCUT2D eigenvalue weighted by Gasteiger charge is 2.30. The van der Waals surface area contributed by atoms with Gasteiger partial charge < -0.3 is 15.1 Å². The van der Waals surface area contributed by atoms with Crippen molar-refractivity contribution in [2.75, 3.05) is 38.5 Å². The van der Waals surface area contributed by atoms with E-state index in [0.717, 1.165) is 26.2 Å². The summed E-state index contributed by atoms with van der Waals surface area (Å²) in [6, 6.07) is 6.13. The zero-order valence-corrected chi connectivity index (χ0v) is 14.3. The zero-order valence-electron chi connectivity index (χ0n) is 13.5. The Morgan fingerprint density at radius 2 is 2.00 bits per heavy atom. The lowest BCUT2D eigenvalue weighted by atomic mass is 10.1. The van der Waals surface area contributed by atoms with Gasteiger partial charge in [0.1, 0.15) is 6.04 Å². The molecule has 0 saturated carbocycles. The smallest absolute Gasteiger partial charge is 0.249 e. The number of amides is 2. The van der Waals surface area contributed by atoms with E-state index in [1.807, 2.05) is 4.90 Å². The number of nitrogens with zero attached hydrogens (tertiary/aromatic N) is 2. The van der Waals surface area contributed by atoms with E-state index in [1.165, 1.54) is 4.90 Å². The Hall–Kier alpha value is -2.12. The molecular weight excluding hydrogens is 330 g/mol. The summed E-state index contributed by atoms with van der Waals surface area (Å²) in [5.41, 5.74) is 0.635. The first-order chi connectivity index (χ1) is 11.5. The molecule has 0 unspecified atom stereocenters. The van der Waals surface area contributed by atoms with Crippen LogP contribution < -0.4 is 15.5 Å². The Balaban J connectivity index is 1.69. The van der Waals surface area contributed by atoms with Crippen LogP contribution in [0.2, 0.25) is 5.02 Å². The number of rotatable bonds is 2. The maximum atomic E-state index is 12.4. The minimum absolute atomic E-state index is 0.0575. The molecular formula is C16H21ClN5O2+. The standard InChI is InChI=1S/C16H20ClN5O2/c1-21-6-8-22(9-7-21)16-19-13(10-14(23)20-16)15(24)18-12-4-2-11(17)3-5-12/h2-5,13H,6-10H2,1H3,(H,18,24)(H,19,20,23)/p+1/t13-/m1/s1.